The van der Waals surface area contributed by atoms with Gasteiger partial charge in [-0.3, -0.25) is 15.2 Å². The van der Waals surface area contributed by atoms with Gasteiger partial charge in [-0.15, -0.1) is 0 Å². The van der Waals surface area contributed by atoms with Crippen LogP contribution in [0.4, 0.5) is 5.69 Å². The van der Waals surface area contributed by atoms with Gasteiger partial charge in [0.1, 0.15) is 24.3 Å². The lowest BCUT2D eigenvalue weighted by atomic mass is 9.97. The molecule has 0 aliphatic carbocycles. The van der Waals surface area contributed by atoms with Crippen LogP contribution < -0.4 is 15.4 Å². The number of hydrogen-bond acceptors (Lipinski definition) is 6. The zero-order chi connectivity index (χ0) is 25.2. The molecule has 36 heavy (non-hydrogen) atoms. The monoisotopic (exact) mass is 485 g/mol. The Balaban J connectivity index is 1.41. The first-order valence-electron chi connectivity index (χ1n) is 12.3. The second-order valence-electron chi connectivity index (χ2n) is 9.31. The first kappa shape index (κ1) is 23.8. The van der Waals surface area contributed by atoms with Crippen molar-refractivity contribution in [3.05, 3.63) is 71.3 Å². The van der Waals surface area contributed by atoms with Crippen molar-refractivity contribution in [3.8, 4) is 5.75 Å². The van der Waals surface area contributed by atoms with E-state index >= 15 is 0 Å². The number of hydrazone groups is 1. The maximum Gasteiger partial charge on any atom is 0.253 e. The van der Waals surface area contributed by atoms with E-state index in [1.54, 1.807) is 4.90 Å². The summed E-state index contributed by atoms with van der Waals surface area (Å²) in [6.07, 6.45) is 4.39. The van der Waals surface area contributed by atoms with Crippen molar-refractivity contribution in [2.24, 2.45) is 10.8 Å². The van der Waals surface area contributed by atoms with Crippen LogP contribution in [0.15, 0.2) is 59.7 Å². The molecule has 2 aliphatic rings. The van der Waals surface area contributed by atoms with Crippen molar-refractivity contribution in [2.45, 2.75) is 38.3 Å². The van der Waals surface area contributed by atoms with Gasteiger partial charge in [0, 0.05) is 43.4 Å². The SMILES string of the molecule is C/C=N/N1CCC(Oc2ccc3c(c2)CC(c2ccc4ccc(C(=N)N)cc4c2)N3C(=O)CO)CC1. The van der Waals surface area contributed by atoms with Crippen molar-refractivity contribution < 1.29 is 14.6 Å². The first-order valence-corrected chi connectivity index (χ1v) is 12.3. The second-order valence-corrected chi connectivity index (χ2v) is 9.31. The molecule has 0 bridgehead atoms. The van der Waals surface area contributed by atoms with Gasteiger partial charge in [0.15, 0.2) is 0 Å². The van der Waals surface area contributed by atoms with E-state index in [0.29, 0.717) is 12.0 Å². The number of benzene rings is 3. The van der Waals surface area contributed by atoms with Crippen molar-refractivity contribution >= 4 is 34.4 Å². The number of anilines is 1. The van der Waals surface area contributed by atoms with Crippen LogP contribution in [0.3, 0.4) is 0 Å². The molecule has 8 heteroatoms. The number of hydrogen-bond donors (Lipinski definition) is 3. The van der Waals surface area contributed by atoms with Crippen LogP contribution in [0.1, 0.15) is 42.5 Å². The van der Waals surface area contributed by atoms with Crippen LogP contribution >= 0.6 is 0 Å². The number of piperidine rings is 1. The number of aliphatic hydroxyl groups is 1. The van der Waals surface area contributed by atoms with E-state index in [1.165, 1.54) is 0 Å². The van der Waals surface area contributed by atoms with Crippen molar-refractivity contribution in [1.29, 1.82) is 5.41 Å². The van der Waals surface area contributed by atoms with E-state index in [2.05, 4.69) is 10.1 Å². The summed E-state index contributed by atoms with van der Waals surface area (Å²) in [7, 11) is 0. The molecule has 3 aromatic rings. The zero-order valence-corrected chi connectivity index (χ0v) is 20.4. The van der Waals surface area contributed by atoms with Crippen molar-refractivity contribution in [1.82, 2.24) is 5.01 Å². The Labute approximate surface area is 210 Å². The lowest BCUT2D eigenvalue weighted by Gasteiger charge is -2.30. The zero-order valence-electron chi connectivity index (χ0n) is 20.4. The molecule has 2 aliphatic heterocycles. The fourth-order valence-corrected chi connectivity index (χ4v) is 5.22. The molecule has 186 valence electrons. The Kier molecular flexibility index (Phi) is 6.61. The molecule has 4 N–H and O–H groups in total. The van der Waals surface area contributed by atoms with E-state index < -0.39 is 6.61 Å². The number of ether oxygens (including phenoxy) is 1. The van der Waals surface area contributed by atoms with E-state index in [0.717, 1.165) is 59.3 Å². The predicted molar refractivity (Wildman–Crippen MR) is 142 cm³/mol. The highest BCUT2D eigenvalue weighted by molar-refractivity contribution is 6.00. The largest absolute Gasteiger partial charge is 0.490 e. The molecule has 5 rings (SSSR count). The van der Waals surface area contributed by atoms with Crippen LogP contribution in [-0.4, -0.2) is 53.9 Å². The smallest absolute Gasteiger partial charge is 0.253 e. The summed E-state index contributed by atoms with van der Waals surface area (Å²) in [4.78, 5) is 14.5. The van der Waals surface area contributed by atoms with Gasteiger partial charge in [-0.2, -0.15) is 5.10 Å². The second kappa shape index (κ2) is 9.99. The van der Waals surface area contributed by atoms with Gasteiger partial charge in [0.05, 0.1) is 6.04 Å². The number of amides is 1. The maximum atomic E-state index is 12.8. The Bertz CT molecular complexity index is 1330. The number of nitrogen functional groups attached to an aromatic ring is 1. The number of amidine groups is 1. The van der Waals surface area contributed by atoms with Crippen molar-refractivity contribution in [2.75, 3.05) is 24.6 Å². The molecule has 0 radical (unpaired) electrons. The third-order valence-corrected chi connectivity index (χ3v) is 7.00. The summed E-state index contributed by atoms with van der Waals surface area (Å²) in [5, 5.41) is 25.9. The van der Waals surface area contributed by atoms with Gasteiger partial charge in [0.2, 0.25) is 0 Å². The van der Waals surface area contributed by atoms with Crippen LogP contribution in [0.5, 0.6) is 5.75 Å². The number of aliphatic hydroxyl groups excluding tert-OH is 1. The molecule has 1 amide bonds. The Morgan fingerprint density at radius 1 is 1.14 bits per heavy atom. The highest BCUT2D eigenvalue weighted by Crippen LogP contribution is 2.43. The molecule has 2 heterocycles. The van der Waals surface area contributed by atoms with Gasteiger partial charge >= 0.3 is 0 Å². The Morgan fingerprint density at radius 3 is 2.64 bits per heavy atom. The fraction of sp³-hybridized carbons (Fsp3) is 0.321. The minimum absolute atomic E-state index is 0.0176. The average molecular weight is 486 g/mol. The quantitative estimate of drug-likeness (QED) is 0.365. The highest BCUT2D eigenvalue weighted by Gasteiger charge is 2.35. The summed E-state index contributed by atoms with van der Waals surface area (Å²) >= 11 is 0. The van der Waals surface area contributed by atoms with Crippen LogP contribution in [0.2, 0.25) is 0 Å². The minimum atomic E-state index is -0.560. The minimum Gasteiger partial charge on any atom is -0.490 e. The predicted octanol–water partition coefficient (Wildman–Crippen LogP) is 3.60. The Hall–Kier alpha value is -3.91. The van der Waals surface area contributed by atoms with E-state index in [-0.39, 0.29) is 23.9 Å². The number of carbonyl (C=O) groups excluding carboxylic acids is 1. The van der Waals surface area contributed by atoms with Gasteiger partial charge in [-0.1, -0.05) is 24.3 Å². The lowest BCUT2D eigenvalue weighted by Crippen LogP contribution is -2.35. The molecule has 0 saturated carbocycles. The number of fused-ring (bicyclic) bond motifs is 2. The highest BCUT2D eigenvalue weighted by atomic mass is 16.5. The number of nitrogens with zero attached hydrogens (tertiary/aromatic N) is 3. The molecule has 1 atom stereocenters. The van der Waals surface area contributed by atoms with E-state index in [4.69, 9.17) is 15.9 Å². The van der Waals surface area contributed by atoms with Gasteiger partial charge in [0.25, 0.3) is 5.91 Å². The van der Waals surface area contributed by atoms with Crippen molar-refractivity contribution in [3.63, 3.8) is 0 Å². The number of carbonyl (C=O) groups is 1. The molecule has 0 aromatic heterocycles. The fourth-order valence-electron chi connectivity index (χ4n) is 5.22. The standard InChI is InChI=1S/C28H31N5O3/c1-2-31-32-11-9-23(10-12-32)36-24-7-8-25-22(15-24)16-26(33(25)27(35)17-34)19-5-3-18-4-6-20(28(29)30)14-21(18)13-19/h2-8,13-15,23,26,34H,9-12,16-17H2,1H3,(H3,29,30)/b31-2+. The van der Waals surface area contributed by atoms with Gasteiger partial charge in [-0.25, -0.2) is 0 Å². The molecule has 1 saturated heterocycles. The number of rotatable bonds is 6. The summed E-state index contributed by atoms with van der Waals surface area (Å²) in [5.74, 6) is 0.477. The molecule has 0 spiro atoms. The number of nitrogens with one attached hydrogen (secondary N) is 1. The van der Waals surface area contributed by atoms with Crippen LogP contribution in [0, 0.1) is 5.41 Å². The van der Waals surface area contributed by atoms with Gasteiger partial charge < -0.3 is 20.5 Å². The molecular weight excluding hydrogens is 454 g/mol. The third kappa shape index (κ3) is 4.64. The maximum absolute atomic E-state index is 12.8. The molecule has 1 unspecified atom stereocenters. The summed E-state index contributed by atoms with van der Waals surface area (Å²) in [5.41, 5.74) is 9.13. The Morgan fingerprint density at radius 2 is 1.92 bits per heavy atom. The average Bonchev–Trinajstić information content (AvgIpc) is 3.27. The third-order valence-electron chi connectivity index (χ3n) is 7.00. The normalized spacial score (nSPS) is 18.1. The summed E-state index contributed by atoms with van der Waals surface area (Å²) in [6.45, 7) is 3.10. The molecule has 8 nitrogen and oxygen atoms in total. The number of nitrogens with two attached hydrogens (primary N) is 1. The first-order chi connectivity index (χ1) is 17.5. The van der Waals surface area contributed by atoms with Gasteiger partial charge in [-0.05, 0) is 65.6 Å². The molecular formula is C28H31N5O3. The topological polar surface area (TPSA) is 115 Å². The van der Waals surface area contributed by atoms with E-state index in [1.807, 2.05) is 67.7 Å². The van der Waals surface area contributed by atoms with E-state index in [9.17, 15) is 9.90 Å². The summed E-state index contributed by atoms with van der Waals surface area (Å²) in [6, 6.07) is 17.4. The van der Waals surface area contributed by atoms with Crippen LogP contribution in [-0.2, 0) is 11.2 Å². The van der Waals surface area contributed by atoms with Crippen LogP contribution in [0.25, 0.3) is 10.8 Å². The molecule has 3 aromatic carbocycles. The molecule has 1 fully saturated rings. The summed E-state index contributed by atoms with van der Waals surface area (Å²) < 4.78 is 6.30. The lowest BCUT2D eigenvalue weighted by molar-refractivity contribution is -0.121.